The van der Waals surface area contributed by atoms with Crippen molar-refractivity contribution in [1.82, 2.24) is 30.2 Å². The third-order valence-corrected chi connectivity index (χ3v) is 4.42. The van der Waals surface area contributed by atoms with E-state index in [4.69, 9.17) is 4.52 Å². The minimum atomic E-state index is 0.358. The third-order valence-electron chi connectivity index (χ3n) is 3.56. The van der Waals surface area contributed by atoms with Crippen LogP contribution in [0.15, 0.2) is 28.4 Å². The summed E-state index contributed by atoms with van der Waals surface area (Å²) in [7, 11) is 0. The molecule has 0 fully saturated rings. The maximum atomic E-state index is 5.28. The van der Waals surface area contributed by atoms with Crippen LogP contribution >= 0.6 is 11.3 Å². The number of fused-ring (bicyclic) bond motifs is 1. The normalized spacial score (nSPS) is 17.8. The highest BCUT2D eigenvalue weighted by Gasteiger charge is 2.20. The van der Waals surface area contributed by atoms with E-state index in [0.717, 1.165) is 30.1 Å². The second-order valence-electron chi connectivity index (χ2n) is 4.96. The zero-order valence-corrected chi connectivity index (χ0v) is 12.1. The van der Waals surface area contributed by atoms with Gasteiger partial charge in [-0.3, -0.25) is 0 Å². The van der Waals surface area contributed by atoms with Crippen molar-refractivity contribution in [2.24, 2.45) is 0 Å². The summed E-state index contributed by atoms with van der Waals surface area (Å²) in [5.41, 5.74) is 0. The van der Waals surface area contributed by atoms with E-state index in [2.05, 4.69) is 25.5 Å². The summed E-state index contributed by atoms with van der Waals surface area (Å²) in [6.07, 6.45) is 3.61. The summed E-state index contributed by atoms with van der Waals surface area (Å²) in [6.45, 7) is 1.41. The van der Waals surface area contributed by atoms with Gasteiger partial charge in [0.15, 0.2) is 0 Å². The molecule has 8 heteroatoms. The first kappa shape index (κ1) is 12.7. The standard InChI is InChI=1S/C13H14N6OS/c1-2-10(21-5-1)13-17-12(20-18-13)6-14-9-3-4-11-15-8-16-19(11)7-9/h1-2,5,8-9,14H,3-4,6-7H2/t9-/m0/s1. The Morgan fingerprint density at radius 1 is 1.48 bits per heavy atom. The number of aromatic nitrogens is 5. The number of nitrogens with zero attached hydrogens (tertiary/aromatic N) is 5. The molecule has 1 aliphatic rings. The van der Waals surface area contributed by atoms with Crippen molar-refractivity contribution in [3.63, 3.8) is 0 Å². The van der Waals surface area contributed by atoms with E-state index in [1.807, 2.05) is 22.2 Å². The lowest BCUT2D eigenvalue weighted by molar-refractivity contribution is 0.320. The maximum Gasteiger partial charge on any atom is 0.240 e. The van der Waals surface area contributed by atoms with Crippen LogP contribution in [0.4, 0.5) is 0 Å². The van der Waals surface area contributed by atoms with E-state index in [1.54, 1.807) is 17.7 Å². The Morgan fingerprint density at radius 3 is 3.38 bits per heavy atom. The van der Waals surface area contributed by atoms with E-state index in [-0.39, 0.29) is 0 Å². The smallest absolute Gasteiger partial charge is 0.240 e. The lowest BCUT2D eigenvalue weighted by atomic mass is 10.1. The fourth-order valence-corrected chi connectivity index (χ4v) is 3.12. The van der Waals surface area contributed by atoms with Crippen molar-refractivity contribution >= 4 is 11.3 Å². The van der Waals surface area contributed by atoms with E-state index in [9.17, 15) is 0 Å². The minimum absolute atomic E-state index is 0.358. The van der Waals surface area contributed by atoms with Crippen molar-refractivity contribution in [3.8, 4) is 10.7 Å². The first-order chi connectivity index (χ1) is 10.4. The van der Waals surface area contributed by atoms with Gasteiger partial charge in [0, 0.05) is 12.5 Å². The quantitative estimate of drug-likeness (QED) is 0.786. The Balaban J connectivity index is 1.37. The van der Waals surface area contributed by atoms with Crippen molar-refractivity contribution < 1.29 is 4.52 Å². The molecule has 4 rings (SSSR count). The van der Waals surface area contributed by atoms with Crippen molar-refractivity contribution in [1.29, 1.82) is 0 Å². The summed E-state index contributed by atoms with van der Waals surface area (Å²) < 4.78 is 7.23. The van der Waals surface area contributed by atoms with Gasteiger partial charge in [0.1, 0.15) is 12.2 Å². The average Bonchev–Trinajstić information content (AvgIpc) is 3.24. The number of hydrogen-bond donors (Lipinski definition) is 1. The van der Waals surface area contributed by atoms with Crippen LogP contribution in [-0.4, -0.2) is 30.9 Å². The highest BCUT2D eigenvalue weighted by molar-refractivity contribution is 7.13. The van der Waals surface area contributed by atoms with Gasteiger partial charge in [-0.1, -0.05) is 11.2 Å². The molecule has 4 heterocycles. The van der Waals surface area contributed by atoms with Crippen LogP contribution in [0.1, 0.15) is 18.1 Å². The van der Waals surface area contributed by atoms with Gasteiger partial charge in [0.05, 0.1) is 18.0 Å². The molecule has 1 aliphatic heterocycles. The molecule has 21 heavy (non-hydrogen) atoms. The SMILES string of the molecule is c1csc(-c2noc(CN[C@H]3CCc4ncnn4C3)n2)c1. The van der Waals surface area contributed by atoms with Gasteiger partial charge in [0.25, 0.3) is 0 Å². The summed E-state index contributed by atoms with van der Waals surface area (Å²) in [5.74, 6) is 2.33. The van der Waals surface area contributed by atoms with E-state index in [0.29, 0.717) is 24.3 Å². The number of aryl methyl sites for hydroxylation is 1. The fraction of sp³-hybridized carbons (Fsp3) is 0.385. The van der Waals surface area contributed by atoms with Gasteiger partial charge < -0.3 is 9.84 Å². The second kappa shape index (κ2) is 5.38. The Kier molecular flexibility index (Phi) is 3.24. The van der Waals surface area contributed by atoms with Gasteiger partial charge in [-0.15, -0.1) is 11.3 Å². The third kappa shape index (κ3) is 2.59. The first-order valence-electron chi connectivity index (χ1n) is 6.85. The lowest BCUT2D eigenvalue weighted by Gasteiger charge is -2.22. The van der Waals surface area contributed by atoms with Crippen LogP contribution < -0.4 is 5.32 Å². The van der Waals surface area contributed by atoms with Gasteiger partial charge in [-0.2, -0.15) is 10.1 Å². The minimum Gasteiger partial charge on any atom is -0.338 e. The molecule has 3 aromatic rings. The molecule has 0 aromatic carbocycles. The molecule has 3 aromatic heterocycles. The second-order valence-corrected chi connectivity index (χ2v) is 5.91. The van der Waals surface area contributed by atoms with Crippen LogP contribution in [0, 0.1) is 0 Å². The van der Waals surface area contributed by atoms with Gasteiger partial charge in [0.2, 0.25) is 11.7 Å². The lowest BCUT2D eigenvalue weighted by Crippen LogP contribution is -2.37. The van der Waals surface area contributed by atoms with Crippen molar-refractivity contribution in [3.05, 3.63) is 35.6 Å². The molecule has 0 saturated heterocycles. The molecular formula is C13H14N6OS. The molecule has 108 valence electrons. The Bertz CT molecular complexity index is 719. The molecule has 0 spiro atoms. The summed E-state index contributed by atoms with van der Waals surface area (Å²) >= 11 is 1.60. The number of rotatable bonds is 4. The Hall–Kier alpha value is -2.06. The van der Waals surface area contributed by atoms with Gasteiger partial charge in [-0.05, 0) is 17.9 Å². The topological polar surface area (TPSA) is 81.7 Å². The summed E-state index contributed by atoms with van der Waals surface area (Å²) in [5, 5.41) is 13.7. The molecule has 0 unspecified atom stereocenters. The van der Waals surface area contributed by atoms with Gasteiger partial charge >= 0.3 is 0 Å². The van der Waals surface area contributed by atoms with Crippen LogP contribution in [0.25, 0.3) is 10.7 Å². The molecular weight excluding hydrogens is 288 g/mol. The van der Waals surface area contributed by atoms with E-state index >= 15 is 0 Å². The van der Waals surface area contributed by atoms with Crippen molar-refractivity contribution in [2.75, 3.05) is 0 Å². The van der Waals surface area contributed by atoms with Gasteiger partial charge in [-0.25, -0.2) is 9.67 Å². The molecule has 0 radical (unpaired) electrons. The first-order valence-corrected chi connectivity index (χ1v) is 7.73. The number of hydrogen-bond acceptors (Lipinski definition) is 7. The van der Waals surface area contributed by atoms with E-state index < -0.39 is 0 Å². The molecule has 0 bridgehead atoms. The molecule has 0 saturated carbocycles. The van der Waals surface area contributed by atoms with Crippen LogP contribution in [0.5, 0.6) is 0 Å². The van der Waals surface area contributed by atoms with E-state index in [1.165, 1.54) is 0 Å². The zero-order chi connectivity index (χ0) is 14.1. The number of thiophene rings is 1. The molecule has 0 aliphatic carbocycles. The average molecular weight is 302 g/mol. The molecule has 0 amide bonds. The molecule has 7 nitrogen and oxygen atoms in total. The monoisotopic (exact) mass is 302 g/mol. The van der Waals surface area contributed by atoms with Crippen molar-refractivity contribution in [2.45, 2.75) is 32.0 Å². The van der Waals surface area contributed by atoms with Crippen LogP contribution in [0.3, 0.4) is 0 Å². The molecule has 1 atom stereocenters. The molecule has 1 N–H and O–H groups in total. The zero-order valence-electron chi connectivity index (χ0n) is 11.3. The maximum absolute atomic E-state index is 5.28. The highest BCUT2D eigenvalue weighted by Crippen LogP contribution is 2.21. The highest BCUT2D eigenvalue weighted by atomic mass is 32.1. The Labute approximate surface area is 125 Å². The number of nitrogens with one attached hydrogen (secondary N) is 1. The predicted molar refractivity (Wildman–Crippen MR) is 76.6 cm³/mol. The fourth-order valence-electron chi connectivity index (χ4n) is 2.47. The summed E-state index contributed by atoms with van der Waals surface area (Å²) in [6, 6.07) is 4.32. The van der Waals surface area contributed by atoms with Crippen LogP contribution in [0.2, 0.25) is 0 Å². The van der Waals surface area contributed by atoms with Crippen LogP contribution in [-0.2, 0) is 19.5 Å². The largest absolute Gasteiger partial charge is 0.338 e. The Morgan fingerprint density at radius 2 is 2.48 bits per heavy atom. The predicted octanol–water partition coefficient (Wildman–Crippen LogP) is 1.49. The summed E-state index contributed by atoms with van der Waals surface area (Å²) in [4.78, 5) is 9.66.